The Morgan fingerprint density at radius 2 is 2.11 bits per heavy atom. The number of nitrogens with one attached hydrogen (secondary N) is 1. The Morgan fingerprint density at radius 3 is 2.89 bits per heavy atom. The number of rotatable bonds is 4. The van der Waals surface area contributed by atoms with Crippen LogP contribution in [0.3, 0.4) is 0 Å². The summed E-state index contributed by atoms with van der Waals surface area (Å²) in [4.78, 5) is 12.6. The highest BCUT2D eigenvalue weighted by molar-refractivity contribution is 6.31. The number of halogens is 1. The number of carbonyl (C=O) groups excluding carboxylic acids is 1. The lowest BCUT2D eigenvalue weighted by atomic mass is 9.95. The predicted octanol–water partition coefficient (Wildman–Crippen LogP) is 4.06. The number of ether oxygens (including phenoxy) is 2. The average molecular weight is 396 g/mol. The molecule has 1 aliphatic rings. The van der Waals surface area contributed by atoms with Crippen LogP contribution < -0.4 is 14.8 Å². The summed E-state index contributed by atoms with van der Waals surface area (Å²) in [6.07, 6.45) is 3.62. The molecule has 0 bridgehead atoms. The summed E-state index contributed by atoms with van der Waals surface area (Å²) in [6.45, 7) is 0.534. The van der Waals surface area contributed by atoms with Crippen molar-refractivity contribution >= 4 is 17.5 Å². The largest absolute Gasteiger partial charge is 0.496 e. The Morgan fingerprint density at radius 1 is 1.21 bits per heavy atom. The minimum absolute atomic E-state index is 0.172. The number of methoxy groups -OCH3 is 1. The van der Waals surface area contributed by atoms with Crippen LogP contribution in [-0.2, 0) is 0 Å². The first-order chi connectivity index (χ1) is 13.7. The number of hydrogen-bond donors (Lipinski definition) is 1. The quantitative estimate of drug-likeness (QED) is 0.721. The van der Waals surface area contributed by atoms with Crippen LogP contribution in [0.25, 0.3) is 11.1 Å². The second kappa shape index (κ2) is 7.86. The van der Waals surface area contributed by atoms with Crippen LogP contribution in [0.15, 0.2) is 54.9 Å². The fourth-order valence-corrected chi connectivity index (χ4v) is 3.46. The fraction of sp³-hybridized carbons (Fsp3) is 0.190. The van der Waals surface area contributed by atoms with E-state index in [1.807, 2.05) is 30.3 Å². The lowest BCUT2D eigenvalue weighted by Gasteiger charge is -2.27. The van der Waals surface area contributed by atoms with Gasteiger partial charge >= 0.3 is 0 Å². The molecule has 4 rings (SSSR count). The Bertz CT molecular complexity index is 1010. The Balaban J connectivity index is 1.68. The lowest BCUT2D eigenvalue weighted by Crippen LogP contribution is -2.32. The number of aromatic nitrogens is 2. The molecule has 1 atom stereocenters. The molecule has 2 aromatic carbocycles. The van der Waals surface area contributed by atoms with Gasteiger partial charge in [-0.2, -0.15) is 10.2 Å². The molecule has 0 saturated heterocycles. The van der Waals surface area contributed by atoms with E-state index in [9.17, 15) is 4.79 Å². The monoisotopic (exact) mass is 395 g/mol. The SMILES string of the molecule is COc1ccc(Cl)cc1-c1ccc2c(c1)C(NC(=O)c1ccnnc1)CCO2. The molecule has 0 saturated carbocycles. The number of nitrogens with zero attached hydrogens (tertiary/aromatic N) is 2. The third kappa shape index (κ3) is 3.64. The zero-order valence-corrected chi connectivity index (χ0v) is 15.9. The van der Waals surface area contributed by atoms with Crippen molar-refractivity contribution in [1.82, 2.24) is 15.5 Å². The molecule has 0 fully saturated rings. The van der Waals surface area contributed by atoms with E-state index < -0.39 is 0 Å². The Labute approximate surface area is 167 Å². The number of carbonyl (C=O) groups is 1. The van der Waals surface area contributed by atoms with Crippen LogP contribution in [0, 0.1) is 0 Å². The Kier molecular flexibility index (Phi) is 5.12. The molecule has 0 spiro atoms. The highest BCUT2D eigenvalue weighted by Crippen LogP contribution is 2.39. The summed E-state index contributed by atoms with van der Waals surface area (Å²) in [5, 5.41) is 11.2. The van der Waals surface area contributed by atoms with Gasteiger partial charge in [0.1, 0.15) is 11.5 Å². The van der Waals surface area contributed by atoms with Crippen molar-refractivity contribution in [3.05, 3.63) is 71.0 Å². The summed E-state index contributed by atoms with van der Waals surface area (Å²) >= 11 is 6.18. The number of amides is 1. The van der Waals surface area contributed by atoms with Gasteiger partial charge in [0.2, 0.25) is 0 Å². The van der Waals surface area contributed by atoms with Crippen molar-refractivity contribution in [2.45, 2.75) is 12.5 Å². The van der Waals surface area contributed by atoms with Crippen molar-refractivity contribution in [2.75, 3.05) is 13.7 Å². The molecule has 6 nitrogen and oxygen atoms in total. The number of hydrogen-bond acceptors (Lipinski definition) is 5. The van der Waals surface area contributed by atoms with E-state index in [2.05, 4.69) is 15.5 Å². The van der Waals surface area contributed by atoms with Crippen LogP contribution in [0.2, 0.25) is 5.02 Å². The molecule has 1 unspecified atom stereocenters. The summed E-state index contributed by atoms with van der Waals surface area (Å²) in [6, 6.07) is 12.8. The molecular formula is C21H18ClN3O3. The summed E-state index contributed by atoms with van der Waals surface area (Å²) < 4.78 is 11.3. The summed E-state index contributed by atoms with van der Waals surface area (Å²) in [5.74, 6) is 1.29. The Hall–Kier alpha value is -3.12. The van der Waals surface area contributed by atoms with Gasteiger partial charge in [-0.1, -0.05) is 17.7 Å². The second-order valence-corrected chi connectivity index (χ2v) is 6.83. The van der Waals surface area contributed by atoms with E-state index >= 15 is 0 Å². The zero-order chi connectivity index (χ0) is 19.5. The van der Waals surface area contributed by atoms with Crippen molar-refractivity contribution in [3.8, 4) is 22.6 Å². The number of fused-ring (bicyclic) bond motifs is 1. The van der Waals surface area contributed by atoms with E-state index in [4.69, 9.17) is 21.1 Å². The van der Waals surface area contributed by atoms with Crippen LogP contribution >= 0.6 is 11.6 Å². The van der Waals surface area contributed by atoms with Gasteiger partial charge < -0.3 is 14.8 Å². The van der Waals surface area contributed by atoms with Crippen LogP contribution in [-0.4, -0.2) is 29.8 Å². The van der Waals surface area contributed by atoms with E-state index in [1.165, 1.54) is 12.4 Å². The fourth-order valence-electron chi connectivity index (χ4n) is 3.28. The first-order valence-corrected chi connectivity index (χ1v) is 9.21. The van der Waals surface area contributed by atoms with Gasteiger partial charge in [-0.3, -0.25) is 4.79 Å². The van der Waals surface area contributed by atoms with Crippen molar-refractivity contribution < 1.29 is 14.3 Å². The predicted molar refractivity (Wildman–Crippen MR) is 106 cm³/mol. The molecule has 1 aliphatic heterocycles. The zero-order valence-electron chi connectivity index (χ0n) is 15.2. The van der Waals surface area contributed by atoms with E-state index in [0.29, 0.717) is 23.6 Å². The van der Waals surface area contributed by atoms with E-state index in [0.717, 1.165) is 28.2 Å². The van der Waals surface area contributed by atoms with Gasteiger partial charge in [-0.25, -0.2) is 0 Å². The first kappa shape index (κ1) is 18.3. The number of benzene rings is 2. The summed E-state index contributed by atoms with van der Waals surface area (Å²) in [7, 11) is 1.63. The lowest BCUT2D eigenvalue weighted by molar-refractivity contribution is 0.0924. The molecule has 7 heteroatoms. The minimum Gasteiger partial charge on any atom is -0.496 e. The smallest absolute Gasteiger partial charge is 0.253 e. The van der Waals surface area contributed by atoms with Crippen molar-refractivity contribution in [3.63, 3.8) is 0 Å². The first-order valence-electron chi connectivity index (χ1n) is 8.84. The van der Waals surface area contributed by atoms with Gasteiger partial charge in [0, 0.05) is 22.6 Å². The van der Waals surface area contributed by atoms with Gasteiger partial charge in [-0.15, -0.1) is 0 Å². The molecule has 0 radical (unpaired) electrons. The maximum atomic E-state index is 12.6. The average Bonchev–Trinajstić information content (AvgIpc) is 2.74. The van der Waals surface area contributed by atoms with Gasteiger partial charge in [0.25, 0.3) is 5.91 Å². The minimum atomic E-state index is -0.196. The van der Waals surface area contributed by atoms with Gasteiger partial charge in [-0.05, 0) is 42.0 Å². The molecule has 1 aromatic heterocycles. The van der Waals surface area contributed by atoms with Crippen LogP contribution in [0.1, 0.15) is 28.4 Å². The van der Waals surface area contributed by atoms with Gasteiger partial charge in [0.15, 0.2) is 0 Å². The van der Waals surface area contributed by atoms with Crippen molar-refractivity contribution in [2.24, 2.45) is 0 Å². The molecule has 28 heavy (non-hydrogen) atoms. The maximum absolute atomic E-state index is 12.6. The normalized spacial score (nSPS) is 15.3. The molecule has 2 heterocycles. The third-order valence-corrected chi connectivity index (χ3v) is 4.91. The molecule has 142 valence electrons. The molecule has 1 amide bonds. The molecule has 1 N–H and O–H groups in total. The third-order valence-electron chi connectivity index (χ3n) is 4.67. The topological polar surface area (TPSA) is 73.3 Å². The van der Waals surface area contributed by atoms with E-state index in [1.54, 1.807) is 19.2 Å². The summed E-state index contributed by atoms with van der Waals surface area (Å²) in [5.41, 5.74) is 3.21. The van der Waals surface area contributed by atoms with Crippen LogP contribution in [0.5, 0.6) is 11.5 Å². The molecular weight excluding hydrogens is 378 g/mol. The standard InChI is InChI=1S/C21H18ClN3O3/c1-27-19-5-3-15(22)11-16(19)13-2-4-20-17(10-13)18(7-9-28-20)25-21(26)14-6-8-23-24-12-14/h2-6,8,10-12,18H,7,9H2,1H3,(H,25,26). The van der Waals surface area contributed by atoms with E-state index in [-0.39, 0.29) is 11.9 Å². The highest BCUT2D eigenvalue weighted by atomic mass is 35.5. The molecule has 0 aliphatic carbocycles. The van der Waals surface area contributed by atoms with Gasteiger partial charge in [0.05, 0.1) is 37.7 Å². The highest BCUT2D eigenvalue weighted by Gasteiger charge is 2.24. The second-order valence-electron chi connectivity index (χ2n) is 6.39. The molecule has 3 aromatic rings. The maximum Gasteiger partial charge on any atom is 0.253 e. The van der Waals surface area contributed by atoms with Crippen molar-refractivity contribution in [1.29, 1.82) is 0 Å². The van der Waals surface area contributed by atoms with Crippen LogP contribution in [0.4, 0.5) is 0 Å².